The molecule has 18 heavy (non-hydrogen) atoms. The molecule has 0 atom stereocenters. The highest BCUT2D eigenvalue weighted by Gasteiger charge is 2.10. The van der Waals surface area contributed by atoms with Gasteiger partial charge in [-0.3, -0.25) is 4.79 Å². The van der Waals surface area contributed by atoms with Crippen molar-refractivity contribution in [2.45, 2.75) is 20.4 Å². The monoisotopic (exact) mass is 260 g/mol. The maximum absolute atomic E-state index is 12.0. The van der Waals surface area contributed by atoms with Gasteiger partial charge in [-0.2, -0.15) is 0 Å². The number of carbonyl (C=O) groups is 1. The summed E-state index contributed by atoms with van der Waals surface area (Å²) in [4.78, 5) is 14.0. The fourth-order valence-corrected chi connectivity index (χ4v) is 2.58. The maximum Gasteiger partial charge on any atom is 0.265 e. The number of amides is 1. The molecule has 0 radical (unpaired) electrons. The molecule has 94 valence electrons. The van der Waals surface area contributed by atoms with E-state index in [0.29, 0.717) is 6.54 Å². The van der Waals surface area contributed by atoms with Gasteiger partial charge in [0.2, 0.25) is 0 Å². The fraction of sp³-hybridized carbons (Fsp3) is 0.214. The third-order valence-corrected chi connectivity index (χ3v) is 3.96. The fourth-order valence-electron chi connectivity index (χ4n) is 1.65. The van der Waals surface area contributed by atoms with E-state index in [-0.39, 0.29) is 5.91 Å². The molecule has 1 heterocycles. The Morgan fingerprint density at radius 1 is 1.33 bits per heavy atom. The first-order chi connectivity index (χ1) is 8.60. The SMILES string of the molecule is Cc1cc(C(=O)Nc2cccc(CN)c2)sc1C. The summed E-state index contributed by atoms with van der Waals surface area (Å²) >= 11 is 1.51. The van der Waals surface area contributed by atoms with Gasteiger partial charge in [0.05, 0.1) is 4.88 Å². The Morgan fingerprint density at radius 2 is 2.11 bits per heavy atom. The number of nitrogens with two attached hydrogens (primary N) is 1. The zero-order chi connectivity index (χ0) is 13.1. The van der Waals surface area contributed by atoms with E-state index in [4.69, 9.17) is 5.73 Å². The van der Waals surface area contributed by atoms with Crippen LogP contribution >= 0.6 is 11.3 Å². The molecule has 2 aromatic rings. The second kappa shape index (κ2) is 5.33. The molecule has 0 aliphatic rings. The van der Waals surface area contributed by atoms with Crippen LogP contribution in [0.3, 0.4) is 0 Å². The molecule has 2 rings (SSSR count). The van der Waals surface area contributed by atoms with Crippen molar-refractivity contribution >= 4 is 22.9 Å². The van der Waals surface area contributed by atoms with E-state index < -0.39 is 0 Å². The van der Waals surface area contributed by atoms with E-state index in [1.54, 1.807) is 0 Å². The van der Waals surface area contributed by atoms with Gasteiger partial charge < -0.3 is 11.1 Å². The molecule has 1 amide bonds. The summed E-state index contributed by atoms with van der Waals surface area (Å²) in [5, 5.41) is 2.89. The lowest BCUT2D eigenvalue weighted by Gasteiger charge is -2.05. The van der Waals surface area contributed by atoms with Crippen LogP contribution in [0.15, 0.2) is 30.3 Å². The van der Waals surface area contributed by atoms with E-state index in [0.717, 1.165) is 21.7 Å². The Balaban J connectivity index is 2.15. The van der Waals surface area contributed by atoms with Crippen molar-refractivity contribution < 1.29 is 4.79 Å². The predicted octanol–water partition coefficient (Wildman–Crippen LogP) is 3.08. The van der Waals surface area contributed by atoms with Gasteiger partial charge in [-0.05, 0) is 43.2 Å². The van der Waals surface area contributed by atoms with E-state index in [1.165, 1.54) is 16.2 Å². The van der Waals surface area contributed by atoms with Gasteiger partial charge in [0.15, 0.2) is 0 Å². The van der Waals surface area contributed by atoms with Crippen LogP contribution in [-0.2, 0) is 6.54 Å². The normalized spacial score (nSPS) is 10.4. The van der Waals surface area contributed by atoms with Crippen molar-refractivity contribution in [2.75, 3.05) is 5.32 Å². The van der Waals surface area contributed by atoms with Crippen molar-refractivity contribution in [1.82, 2.24) is 0 Å². The van der Waals surface area contributed by atoms with Crippen LogP contribution in [0, 0.1) is 13.8 Å². The minimum absolute atomic E-state index is 0.0645. The number of hydrogen-bond acceptors (Lipinski definition) is 3. The third-order valence-electron chi connectivity index (χ3n) is 2.81. The largest absolute Gasteiger partial charge is 0.326 e. The lowest BCUT2D eigenvalue weighted by molar-refractivity contribution is 0.103. The molecule has 0 unspecified atom stereocenters. The van der Waals surface area contributed by atoms with Gasteiger partial charge in [0.1, 0.15) is 0 Å². The Bertz CT molecular complexity index is 555. The van der Waals surface area contributed by atoms with Crippen LogP contribution in [-0.4, -0.2) is 5.91 Å². The summed E-state index contributed by atoms with van der Waals surface area (Å²) < 4.78 is 0. The van der Waals surface area contributed by atoms with Crippen LogP contribution in [0.5, 0.6) is 0 Å². The Hall–Kier alpha value is -1.65. The van der Waals surface area contributed by atoms with Gasteiger partial charge >= 0.3 is 0 Å². The zero-order valence-electron chi connectivity index (χ0n) is 10.5. The molecule has 0 saturated heterocycles. The number of thiophene rings is 1. The highest BCUT2D eigenvalue weighted by Crippen LogP contribution is 2.22. The number of hydrogen-bond donors (Lipinski definition) is 2. The smallest absolute Gasteiger partial charge is 0.265 e. The first-order valence-corrected chi connectivity index (χ1v) is 6.59. The van der Waals surface area contributed by atoms with Gasteiger partial charge in [0.25, 0.3) is 5.91 Å². The molecule has 1 aromatic heterocycles. The average Bonchev–Trinajstić information content (AvgIpc) is 2.70. The number of rotatable bonds is 3. The minimum Gasteiger partial charge on any atom is -0.326 e. The van der Waals surface area contributed by atoms with Crippen LogP contribution in [0.2, 0.25) is 0 Å². The van der Waals surface area contributed by atoms with Gasteiger partial charge in [-0.1, -0.05) is 12.1 Å². The summed E-state index contributed by atoms with van der Waals surface area (Å²) in [6.45, 7) is 4.50. The molecule has 0 aliphatic carbocycles. The van der Waals surface area contributed by atoms with Gasteiger partial charge in [-0.25, -0.2) is 0 Å². The Labute approximate surface area is 111 Å². The average molecular weight is 260 g/mol. The number of nitrogens with one attached hydrogen (secondary N) is 1. The second-order valence-corrected chi connectivity index (χ2v) is 5.46. The molecular formula is C14H16N2OS. The molecule has 0 saturated carbocycles. The first-order valence-electron chi connectivity index (χ1n) is 5.77. The van der Waals surface area contributed by atoms with Crippen molar-refractivity contribution in [1.29, 1.82) is 0 Å². The summed E-state index contributed by atoms with van der Waals surface area (Å²) in [7, 11) is 0. The molecule has 0 bridgehead atoms. The van der Waals surface area contributed by atoms with Crippen molar-refractivity contribution in [3.05, 3.63) is 51.2 Å². The number of benzene rings is 1. The number of anilines is 1. The third kappa shape index (κ3) is 2.78. The standard InChI is InChI=1S/C14H16N2OS/c1-9-6-13(18-10(9)2)14(17)16-12-5-3-4-11(7-12)8-15/h3-7H,8,15H2,1-2H3,(H,16,17). The predicted molar refractivity (Wildman–Crippen MR) is 76.1 cm³/mol. The van der Waals surface area contributed by atoms with Crippen LogP contribution in [0.4, 0.5) is 5.69 Å². The first kappa shape index (κ1) is 12.8. The minimum atomic E-state index is -0.0645. The van der Waals surface area contributed by atoms with Gasteiger partial charge in [0, 0.05) is 17.1 Å². The topological polar surface area (TPSA) is 55.1 Å². The van der Waals surface area contributed by atoms with Crippen molar-refractivity contribution in [2.24, 2.45) is 5.73 Å². The molecule has 1 aromatic carbocycles. The molecule has 0 aliphatic heterocycles. The molecular weight excluding hydrogens is 244 g/mol. The molecule has 3 nitrogen and oxygen atoms in total. The Kier molecular flexibility index (Phi) is 3.79. The quantitative estimate of drug-likeness (QED) is 0.891. The molecule has 4 heteroatoms. The van der Waals surface area contributed by atoms with Crippen molar-refractivity contribution in [3.63, 3.8) is 0 Å². The lowest BCUT2D eigenvalue weighted by atomic mass is 10.2. The van der Waals surface area contributed by atoms with Crippen LogP contribution < -0.4 is 11.1 Å². The molecule has 0 spiro atoms. The summed E-state index contributed by atoms with van der Waals surface area (Å²) in [6.07, 6.45) is 0. The lowest BCUT2D eigenvalue weighted by Crippen LogP contribution is -2.10. The van der Waals surface area contributed by atoms with Gasteiger partial charge in [-0.15, -0.1) is 11.3 Å². The Morgan fingerprint density at radius 3 is 2.72 bits per heavy atom. The van der Waals surface area contributed by atoms with Crippen molar-refractivity contribution in [3.8, 4) is 0 Å². The van der Waals surface area contributed by atoms with Crippen LogP contribution in [0.1, 0.15) is 25.7 Å². The molecule has 0 fully saturated rings. The highest BCUT2D eigenvalue weighted by molar-refractivity contribution is 7.14. The van der Waals surface area contributed by atoms with E-state index >= 15 is 0 Å². The maximum atomic E-state index is 12.0. The highest BCUT2D eigenvalue weighted by atomic mass is 32.1. The summed E-state index contributed by atoms with van der Waals surface area (Å²) in [6, 6.07) is 9.51. The second-order valence-electron chi connectivity index (χ2n) is 4.21. The summed E-state index contributed by atoms with van der Waals surface area (Å²) in [5.74, 6) is -0.0645. The van der Waals surface area contributed by atoms with Crippen LogP contribution in [0.25, 0.3) is 0 Å². The summed E-state index contributed by atoms with van der Waals surface area (Å²) in [5.41, 5.74) is 8.52. The van der Waals surface area contributed by atoms with E-state index in [2.05, 4.69) is 5.32 Å². The zero-order valence-corrected chi connectivity index (χ0v) is 11.3. The molecule has 3 N–H and O–H groups in total. The number of aryl methyl sites for hydroxylation is 2. The number of carbonyl (C=O) groups excluding carboxylic acids is 1. The van der Waals surface area contributed by atoms with E-state index in [1.807, 2.05) is 44.2 Å². The van der Waals surface area contributed by atoms with E-state index in [9.17, 15) is 4.79 Å².